The number of aliphatic carboxylic acids is 1. The number of carboxylic acids is 1. The summed E-state index contributed by atoms with van der Waals surface area (Å²) in [5.74, 6) is -1.87. The number of aliphatic imine (C=N–C) groups is 1. The van der Waals surface area contributed by atoms with Crippen LogP contribution in [0.3, 0.4) is 0 Å². The van der Waals surface area contributed by atoms with Crippen molar-refractivity contribution in [2.24, 2.45) is 4.99 Å². The fourth-order valence-electron chi connectivity index (χ4n) is 3.43. The molecule has 33 heavy (non-hydrogen) atoms. The standard InChI is InChI=1S/C24H19ClN2O5S/c1-2-32-24(31)21-22(30)19(33-23(21)26-16-9-7-15(25)8-10-16)11-14-12-27(13-20(28)29)18-6-4-3-5-17(14)18/h3-12,30H,2,13H2,1H3,(H,28,29)/b19-11-,26-23?. The van der Waals surface area contributed by atoms with Crippen LogP contribution in [0.4, 0.5) is 5.69 Å². The summed E-state index contributed by atoms with van der Waals surface area (Å²) in [6.45, 7) is 1.63. The Morgan fingerprint density at radius 3 is 2.61 bits per heavy atom. The minimum atomic E-state index is -0.963. The molecule has 1 aromatic heterocycles. The SMILES string of the molecule is CCOC(=O)C1=C(O)/C(=C/c2cn(CC(=O)O)c3ccccc23)SC1=Nc1ccc(Cl)cc1. The van der Waals surface area contributed by atoms with Crippen molar-refractivity contribution in [2.45, 2.75) is 13.5 Å². The highest BCUT2D eigenvalue weighted by atomic mass is 35.5. The number of halogens is 1. The molecule has 0 saturated carbocycles. The summed E-state index contributed by atoms with van der Waals surface area (Å²) < 4.78 is 6.76. The number of nitrogens with zero attached hydrogens (tertiary/aromatic N) is 2. The van der Waals surface area contributed by atoms with Crippen LogP contribution in [-0.2, 0) is 20.9 Å². The van der Waals surface area contributed by atoms with Gasteiger partial charge in [-0.25, -0.2) is 9.79 Å². The number of rotatable bonds is 6. The maximum absolute atomic E-state index is 12.6. The zero-order valence-electron chi connectivity index (χ0n) is 17.5. The van der Waals surface area contributed by atoms with Crippen LogP contribution in [0.2, 0.25) is 5.02 Å². The topological polar surface area (TPSA) is 101 Å². The van der Waals surface area contributed by atoms with E-state index in [0.29, 0.717) is 26.2 Å². The lowest BCUT2D eigenvalue weighted by molar-refractivity contribution is -0.138. The van der Waals surface area contributed by atoms with Gasteiger partial charge in [0.25, 0.3) is 0 Å². The highest BCUT2D eigenvalue weighted by molar-refractivity contribution is 8.18. The summed E-state index contributed by atoms with van der Waals surface area (Å²) in [7, 11) is 0. The summed E-state index contributed by atoms with van der Waals surface area (Å²) in [6, 6.07) is 14.2. The van der Waals surface area contributed by atoms with Gasteiger partial charge in [0, 0.05) is 27.7 Å². The first-order chi connectivity index (χ1) is 15.9. The van der Waals surface area contributed by atoms with E-state index in [1.54, 1.807) is 48.0 Å². The summed E-state index contributed by atoms with van der Waals surface area (Å²) in [4.78, 5) is 28.8. The van der Waals surface area contributed by atoms with E-state index in [0.717, 1.165) is 22.7 Å². The van der Waals surface area contributed by atoms with Gasteiger partial charge in [-0.2, -0.15) is 0 Å². The smallest absolute Gasteiger partial charge is 0.344 e. The molecule has 9 heteroatoms. The van der Waals surface area contributed by atoms with E-state index >= 15 is 0 Å². The molecule has 2 heterocycles. The maximum atomic E-state index is 12.6. The molecular formula is C24H19ClN2O5S. The Bertz CT molecular complexity index is 1340. The number of aliphatic hydroxyl groups excluding tert-OH is 1. The first-order valence-electron chi connectivity index (χ1n) is 10.0. The fourth-order valence-corrected chi connectivity index (χ4v) is 4.58. The van der Waals surface area contributed by atoms with Gasteiger partial charge < -0.3 is 19.5 Å². The van der Waals surface area contributed by atoms with Gasteiger partial charge in [0.1, 0.15) is 22.9 Å². The lowest BCUT2D eigenvalue weighted by Crippen LogP contribution is -2.12. The molecule has 0 atom stereocenters. The Balaban J connectivity index is 1.80. The van der Waals surface area contributed by atoms with Crippen LogP contribution in [-0.4, -0.2) is 38.4 Å². The minimum Gasteiger partial charge on any atom is -0.506 e. The predicted octanol–water partition coefficient (Wildman–Crippen LogP) is 5.57. The van der Waals surface area contributed by atoms with Crippen molar-refractivity contribution in [3.05, 3.63) is 81.6 Å². The van der Waals surface area contributed by atoms with Crippen LogP contribution in [0.25, 0.3) is 17.0 Å². The Morgan fingerprint density at radius 1 is 1.18 bits per heavy atom. The molecule has 1 aliphatic heterocycles. The molecular weight excluding hydrogens is 464 g/mol. The van der Waals surface area contributed by atoms with Crippen molar-refractivity contribution in [2.75, 3.05) is 6.61 Å². The van der Waals surface area contributed by atoms with Crippen molar-refractivity contribution in [3.63, 3.8) is 0 Å². The van der Waals surface area contributed by atoms with Crippen LogP contribution >= 0.6 is 23.4 Å². The summed E-state index contributed by atoms with van der Waals surface area (Å²) in [6.07, 6.45) is 3.42. The van der Waals surface area contributed by atoms with Gasteiger partial charge in [-0.1, -0.05) is 41.6 Å². The Kier molecular flexibility index (Phi) is 6.57. The third-order valence-corrected chi connectivity index (χ3v) is 6.11. The van der Waals surface area contributed by atoms with Gasteiger partial charge >= 0.3 is 11.9 Å². The number of aromatic nitrogens is 1. The van der Waals surface area contributed by atoms with E-state index in [1.807, 2.05) is 24.3 Å². The van der Waals surface area contributed by atoms with Gasteiger partial charge in [0.15, 0.2) is 0 Å². The molecule has 2 aromatic carbocycles. The highest BCUT2D eigenvalue weighted by Crippen LogP contribution is 2.41. The Morgan fingerprint density at radius 2 is 1.91 bits per heavy atom. The first-order valence-corrected chi connectivity index (χ1v) is 11.2. The van der Waals surface area contributed by atoms with Crippen molar-refractivity contribution in [1.29, 1.82) is 0 Å². The summed E-state index contributed by atoms with van der Waals surface area (Å²) in [5, 5.41) is 21.8. The number of ether oxygens (including phenoxy) is 1. The normalized spacial score (nSPS) is 16.2. The molecule has 0 bridgehead atoms. The molecule has 7 nitrogen and oxygen atoms in total. The molecule has 3 aromatic rings. The van der Waals surface area contributed by atoms with E-state index in [4.69, 9.17) is 16.3 Å². The van der Waals surface area contributed by atoms with Gasteiger partial charge in [-0.3, -0.25) is 4.79 Å². The number of carbonyl (C=O) groups excluding carboxylic acids is 1. The van der Waals surface area contributed by atoms with Crippen molar-refractivity contribution < 1.29 is 24.5 Å². The van der Waals surface area contributed by atoms with E-state index in [2.05, 4.69) is 4.99 Å². The lowest BCUT2D eigenvalue weighted by Gasteiger charge is -2.03. The highest BCUT2D eigenvalue weighted by Gasteiger charge is 2.33. The average Bonchev–Trinajstić information content (AvgIpc) is 3.27. The molecule has 0 amide bonds. The van der Waals surface area contributed by atoms with Crippen LogP contribution in [0.15, 0.2) is 76.0 Å². The predicted molar refractivity (Wildman–Crippen MR) is 130 cm³/mol. The van der Waals surface area contributed by atoms with Crippen LogP contribution in [0.1, 0.15) is 12.5 Å². The third-order valence-electron chi connectivity index (χ3n) is 4.84. The van der Waals surface area contributed by atoms with E-state index in [1.165, 1.54) is 0 Å². The first kappa shape index (κ1) is 22.7. The second kappa shape index (κ2) is 9.56. The number of hydrogen-bond acceptors (Lipinski definition) is 6. The molecule has 0 radical (unpaired) electrons. The molecule has 0 unspecified atom stereocenters. The second-order valence-corrected chi connectivity index (χ2v) is 8.54. The minimum absolute atomic E-state index is 0.0164. The molecule has 0 spiro atoms. The van der Waals surface area contributed by atoms with Crippen molar-refractivity contribution in [3.8, 4) is 0 Å². The summed E-state index contributed by atoms with van der Waals surface area (Å²) >= 11 is 7.08. The number of carbonyl (C=O) groups is 2. The quantitative estimate of drug-likeness (QED) is 0.445. The number of para-hydroxylation sites is 1. The molecule has 168 valence electrons. The van der Waals surface area contributed by atoms with Gasteiger partial charge in [-0.05, 0) is 43.3 Å². The van der Waals surface area contributed by atoms with Gasteiger partial charge in [-0.15, -0.1) is 0 Å². The van der Waals surface area contributed by atoms with Gasteiger partial charge in [0.05, 0.1) is 17.2 Å². The zero-order chi connectivity index (χ0) is 23.5. The third kappa shape index (κ3) is 4.81. The Labute approximate surface area is 198 Å². The second-order valence-electron chi connectivity index (χ2n) is 7.07. The van der Waals surface area contributed by atoms with E-state index in [9.17, 15) is 19.8 Å². The van der Waals surface area contributed by atoms with E-state index < -0.39 is 11.9 Å². The number of thioether (sulfide) groups is 1. The van der Waals surface area contributed by atoms with Gasteiger partial charge in [0.2, 0.25) is 0 Å². The van der Waals surface area contributed by atoms with Crippen molar-refractivity contribution in [1.82, 2.24) is 4.57 Å². The molecule has 0 aliphatic carbocycles. The lowest BCUT2D eigenvalue weighted by atomic mass is 10.1. The maximum Gasteiger partial charge on any atom is 0.344 e. The zero-order valence-corrected chi connectivity index (χ0v) is 19.1. The molecule has 0 saturated heterocycles. The fraction of sp³-hybridized carbons (Fsp3) is 0.125. The van der Waals surface area contributed by atoms with E-state index in [-0.39, 0.29) is 24.5 Å². The number of carboxylic acid groups (broad SMARTS) is 1. The number of aliphatic hydroxyl groups is 1. The Hall–Kier alpha value is -3.49. The number of esters is 1. The largest absolute Gasteiger partial charge is 0.506 e. The molecule has 1 aliphatic rings. The van der Waals surface area contributed by atoms with Crippen LogP contribution in [0.5, 0.6) is 0 Å². The van der Waals surface area contributed by atoms with Crippen LogP contribution < -0.4 is 0 Å². The number of fused-ring (bicyclic) bond motifs is 1. The molecule has 0 fully saturated rings. The molecule has 2 N–H and O–H groups in total. The van der Waals surface area contributed by atoms with Crippen LogP contribution in [0, 0.1) is 0 Å². The molecule has 4 rings (SSSR count). The number of benzene rings is 2. The average molecular weight is 483 g/mol. The monoisotopic (exact) mass is 482 g/mol. The van der Waals surface area contributed by atoms with Crippen molar-refractivity contribution >= 4 is 63.0 Å². The number of hydrogen-bond donors (Lipinski definition) is 2. The summed E-state index contributed by atoms with van der Waals surface area (Å²) in [5.41, 5.74) is 2.00.